The van der Waals surface area contributed by atoms with Gasteiger partial charge in [-0.1, -0.05) is 43.7 Å². The van der Waals surface area contributed by atoms with Gasteiger partial charge in [-0.15, -0.1) is 0 Å². The predicted octanol–water partition coefficient (Wildman–Crippen LogP) is 6.42. The first-order chi connectivity index (χ1) is 13.8. The summed E-state index contributed by atoms with van der Waals surface area (Å²) in [4.78, 5) is 12.2. The summed E-state index contributed by atoms with van der Waals surface area (Å²) < 4.78 is 0. The van der Waals surface area contributed by atoms with Crippen LogP contribution in [0.1, 0.15) is 66.5 Å². The van der Waals surface area contributed by atoms with Gasteiger partial charge in [-0.2, -0.15) is 0 Å². The van der Waals surface area contributed by atoms with Gasteiger partial charge in [0, 0.05) is 23.7 Å². The summed E-state index contributed by atoms with van der Waals surface area (Å²) in [5, 5.41) is 6.93. The van der Waals surface area contributed by atoms with Crippen molar-refractivity contribution in [2.75, 3.05) is 10.6 Å². The SMILES string of the molecule is Cc1cc(C)c(C2Nc3ccc(NC(=O)CC(C)C)cc3C3C=CCC32)c(C)c1. The van der Waals surface area contributed by atoms with Gasteiger partial charge in [0.2, 0.25) is 5.91 Å². The van der Waals surface area contributed by atoms with Crippen molar-refractivity contribution >= 4 is 17.3 Å². The van der Waals surface area contributed by atoms with Crippen molar-refractivity contribution in [3.8, 4) is 0 Å². The van der Waals surface area contributed by atoms with Crippen LogP contribution in [0.3, 0.4) is 0 Å². The van der Waals surface area contributed by atoms with Crippen LogP contribution in [-0.2, 0) is 4.79 Å². The van der Waals surface area contributed by atoms with E-state index in [1.807, 2.05) is 6.07 Å². The lowest BCUT2D eigenvalue weighted by Crippen LogP contribution is -2.30. The highest BCUT2D eigenvalue weighted by Crippen LogP contribution is 2.51. The van der Waals surface area contributed by atoms with Gasteiger partial charge in [0.25, 0.3) is 0 Å². The molecule has 3 nitrogen and oxygen atoms in total. The summed E-state index contributed by atoms with van der Waals surface area (Å²) in [5.41, 5.74) is 8.88. The van der Waals surface area contributed by atoms with Gasteiger partial charge in [-0.25, -0.2) is 0 Å². The monoisotopic (exact) mass is 388 g/mol. The Bertz CT molecular complexity index is 950. The quantitative estimate of drug-likeness (QED) is 0.593. The number of carbonyl (C=O) groups is 1. The number of allylic oxidation sites excluding steroid dienone is 2. The molecule has 2 aromatic carbocycles. The zero-order valence-corrected chi connectivity index (χ0v) is 18.2. The van der Waals surface area contributed by atoms with Crippen LogP contribution in [0.5, 0.6) is 0 Å². The highest BCUT2D eigenvalue weighted by Gasteiger charge is 2.39. The number of carbonyl (C=O) groups excluding carboxylic acids is 1. The lowest BCUT2D eigenvalue weighted by Gasteiger charge is -2.39. The van der Waals surface area contributed by atoms with Gasteiger partial charge >= 0.3 is 0 Å². The van der Waals surface area contributed by atoms with E-state index in [9.17, 15) is 4.79 Å². The summed E-state index contributed by atoms with van der Waals surface area (Å²) in [7, 11) is 0. The second-order valence-electron chi connectivity index (χ2n) is 9.24. The number of benzene rings is 2. The largest absolute Gasteiger partial charge is 0.378 e. The molecule has 1 aliphatic carbocycles. The van der Waals surface area contributed by atoms with Crippen LogP contribution in [0.15, 0.2) is 42.5 Å². The van der Waals surface area contributed by atoms with E-state index < -0.39 is 0 Å². The Morgan fingerprint density at radius 1 is 1.14 bits per heavy atom. The highest BCUT2D eigenvalue weighted by atomic mass is 16.1. The lowest BCUT2D eigenvalue weighted by molar-refractivity contribution is -0.116. The van der Waals surface area contributed by atoms with E-state index in [1.165, 1.54) is 33.5 Å². The van der Waals surface area contributed by atoms with Crippen LogP contribution in [0.2, 0.25) is 0 Å². The molecule has 0 saturated heterocycles. The smallest absolute Gasteiger partial charge is 0.224 e. The topological polar surface area (TPSA) is 41.1 Å². The molecule has 0 radical (unpaired) electrons. The molecule has 0 spiro atoms. The van der Waals surface area contributed by atoms with Gasteiger partial charge in [-0.05, 0) is 79.5 Å². The first-order valence-corrected chi connectivity index (χ1v) is 10.8. The molecule has 0 fully saturated rings. The fourth-order valence-corrected chi connectivity index (χ4v) is 5.22. The predicted molar refractivity (Wildman–Crippen MR) is 122 cm³/mol. The summed E-state index contributed by atoms with van der Waals surface area (Å²) in [6.45, 7) is 10.8. The maximum atomic E-state index is 12.2. The first-order valence-electron chi connectivity index (χ1n) is 10.8. The third-order valence-electron chi connectivity index (χ3n) is 6.29. The van der Waals surface area contributed by atoms with E-state index in [2.05, 4.69) is 81.7 Å². The summed E-state index contributed by atoms with van der Waals surface area (Å²) in [6, 6.07) is 11.2. The van der Waals surface area contributed by atoms with E-state index in [1.54, 1.807) is 0 Å². The van der Waals surface area contributed by atoms with Crippen LogP contribution in [-0.4, -0.2) is 5.91 Å². The van der Waals surface area contributed by atoms with Crippen molar-refractivity contribution in [1.82, 2.24) is 0 Å². The zero-order chi connectivity index (χ0) is 20.7. The van der Waals surface area contributed by atoms with Gasteiger partial charge in [0.05, 0.1) is 6.04 Å². The molecule has 0 saturated carbocycles. The Morgan fingerprint density at radius 2 is 1.86 bits per heavy atom. The first kappa shape index (κ1) is 19.8. The van der Waals surface area contributed by atoms with Crippen molar-refractivity contribution < 1.29 is 4.79 Å². The number of rotatable bonds is 4. The molecule has 4 rings (SSSR count). The van der Waals surface area contributed by atoms with Crippen LogP contribution >= 0.6 is 0 Å². The molecule has 3 unspecified atom stereocenters. The Morgan fingerprint density at radius 3 is 2.55 bits per heavy atom. The average Bonchev–Trinajstić information content (AvgIpc) is 3.10. The van der Waals surface area contributed by atoms with Crippen LogP contribution in [0.25, 0.3) is 0 Å². The maximum absolute atomic E-state index is 12.2. The van der Waals surface area contributed by atoms with Crippen molar-refractivity contribution in [3.63, 3.8) is 0 Å². The van der Waals surface area contributed by atoms with Gasteiger partial charge in [0.1, 0.15) is 0 Å². The van der Waals surface area contributed by atoms with E-state index in [0.29, 0.717) is 30.2 Å². The third kappa shape index (κ3) is 3.83. The highest BCUT2D eigenvalue weighted by molar-refractivity contribution is 5.91. The Balaban J connectivity index is 1.67. The molecule has 1 amide bonds. The molecule has 3 atom stereocenters. The molecule has 3 heteroatoms. The van der Waals surface area contributed by atoms with Crippen LogP contribution in [0, 0.1) is 32.6 Å². The van der Waals surface area contributed by atoms with E-state index >= 15 is 0 Å². The standard InChI is InChI=1S/C26H32N2O/c1-15(2)11-24(29)27-19-9-10-23-22(14-19)20-7-6-8-21(20)26(28-23)25-17(4)12-16(3)13-18(25)5/h6-7,9-10,12-15,20-21,26,28H,8,11H2,1-5H3,(H,27,29). The fourth-order valence-electron chi connectivity index (χ4n) is 5.22. The normalized spacial score (nSPS) is 22.2. The van der Waals surface area contributed by atoms with Crippen molar-refractivity contribution in [2.24, 2.45) is 11.8 Å². The molecule has 2 aliphatic rings. The number of amides is 1. The van der Waals surface area contributed by atoms with E-state index in [4.69, 9.17) is 0 Å². The minimum absolute atomic E-state index is 0.0889. The van der Waals surface area contributed by atoms with Crippen molar-refractivity contribution in [3.05, 3.63) is 70.3 Å². The summed E-state index contributed by atoms with van der Waals surface area (Å²) >= 11 is 0. The number of aryl methyl sites for hydroxylation is 3. The third-order valence-corrected chi connectivity index (χ3v) is 6.29. The number of nitrogens with one attached hydrogen (secondary N) is 2. The molecule has 0 bridgehead atoms. The molecule has 29 heavy (non-hydrogen) atoms. The van der Waals surface area contributed by atoms with E-state index in [0.717, 1.165) is 12.1 Å². The lowest BCUT2D eigenvalue weighted by atomic mass is 9.75. The van der Waals surface area contributed by atoms with Gasteiger partial charge in [0.15, 0.2) is 0 Å². The van der Waals surface area contributed by atoms with Gasteiger partial charge in [-0.3, -0.25) is 4.79 Å². The Kier molecular flexibility index (Phi) is 5.24. The number of hydrogen-bond acceptors (Lipinski definition) is 2. The van der Waals surface area contributed by atoms with E-state index in [-0.39, 0.29) is 5.91 Å². The maximum Gasteiger partial charge on any atom is 0.224 e. The second kappa shape index (κ2) is 7.70. The molecular weight excluding hydrogens is 356 g/mol. The summed E-state index contributed by atoms with van der Waals surface area (Å²) in [5.74, 6) is 1.34. The van der Waals surface area contributed by atoms with Crippen molar-refractivity contribution in [2.45, 2.75) is 59.4 Å². The van der Waals surface area contributed by atoms with Crippen LogP contribution < -0.4 is 10.6 Å². The minimum atomic E-state index is 0.0889. The zero-order valence-electron chi connectivity index (χ0n) is 18.2. The molecule has 152 valence electrons. The summed E-state index contributed by atoms with van der Waals surface area (Å²) in [6.07, 6.45) is 6.31. The molecule has 1 heterocycles. The number of anilines is 2. The molecule has 0 aromatic heterocycles. The number of hydrogen-bond donors (Lipinski definition) is 2. The Hall–Kier alpha value is -2.55. The van der Waals surface area contributed by atoms with Crippen LogP contribution in [0.4, 0.5) is 11.4 Å². The number of fused-ring (bicyclic) bond motifs is 3. The molecule has 2 N–H and O–H groups in total. The molecular formula is C26H32N2O. The molecule has 1 aliphatic heterocycles. The minimum Gasteiger partial charge on any atom is -0.378 e. The second-order valence-corrected chi connectivity index (χ2v) is 9.24. The fraction of sp³-hybridized carbons (Fsp3) is 0.423. The Labute approximate surface area is 174 Å². The van der Waals surface area contributed by atoms with Crippen molar-refractivity contribution in [1.29, 1.82) is 0 Å². The van der Waals surface area contributed by atoms with Gasteiger partial charge < -0.3 is 10.6 Å². The average molecular weight is 389 g/mol. The molecule has 2 aromatic rings.